The summed E-state index contributed by atoms with van der Waals surface area (Å²) in [5.74, 6) is 1.68. The maximum absolute atomic E-state index is 5.18. The number of hydrogen-bond donors (Lipinski definition) is 1. The summed E-state index contributed by atoms with van der Waals surface area (Å²) in [6.07, 6.45) is 3.62. The lowest BCUT2D eigenvalue weighted by molar-refractivity contribution is 0.293. The summed E-state index contributed by atoms with van der Waals surface area (Å²) in [6.45, 7) is 1.05. The maximum Gasteiger partial charge on any atom is 0.118 e. The Hall–Kier alpha value is -1.80. The van der Waals surface area contributed by atoms with Crippen LogP contribution in [0.5, 0.6) is 5.75 Å². The largest absolute Gasteiger partial charge is 0.497 e. The van der Waals surface area contributed by atoms with Crippen molar-refractivity contribution in [2.45, 2.75) is 31.2 Å². The van der Waals surface area contributed by atoms with E-state index in [9.17, 15) is 0 Å². The summed E-state index contributed by atoms with van der Waals surface area (Å²) in [5.41, 5.74) is 2.85. The highest BCUT2D eigenvalue weighted by molar-refractivity contribution is 5.27. The number of ether oxygens (including phenoxy) is 1. The van der Waals surface area contributed by atoms with Crippen molar-refractivity contribution in [3.05, 3.63) is 65.7 Å². The third-order valence-corrected chi connectivity index (χ3v) is 4.41. The van der Waals surface area contributed by atoms with Crippen LogP contribution in [-0.4, -0.2) is 19.7 Å². The van der Waals surface area contributed by atoms with Crippen molar-refractivity contribution in [1.29, 1.82) is 0 Å². The molecule has 2 heteroatoms. The third-order valence-electron chi connectivity index (χ3n) is 4.41. The molecule has 0 heterocycles. The summed E-state index contributed by atoms with van der Waals surface area (Å²) in [4.78, 5) is 0. The number of hydrogen-bond acceptors (Lipinski definition) is 2. The Bertz CT molecular complexity index is 544. The molecule has 2 aromatic rings. The molecule has 0 aliphatic heterocycles. The quantitative estimate of drug-likeness (QED) is 0.870. The normalized spacial score (nSPS) is 20.8. The van der Waals surface area contributed by atoms with E-state index in [4.69, 9.17) is 4.74 Å². The standard InChI is InChI=1S/C19H23NO/c1-21-19-9-7-15(8-10-19)11-12-20-18-13-17(14-18)16-5-3-2-4-6-16/h2-10,17-18,20H,11-14H2,1H3. The first-order chi connectivity index (χ1) is 10.3. The average molecular weight is 281 g/mol. The molecule has 1 saturated carbocycles. The lowest BCUT2D eigenvalue weighted by Crippen LogP contribution is -2.40. The fourth-order valence-electron chi connectivity index (χ4n) is 2.99. The summed E-state index contributed by atoms with van der Waals surface area (Å²) in [6, 6.07) is 19.9. The minimum Gasteiger partial charge on any atom is -0.497 e. The monoisotopic (exact) mass is 281 g/mol. The average Bonchev–Trinajstić information content (AvgIpc) is 2.51. The van der Waals surface area contributed by atoms with Gasteiger partial charge in [-0.05, 0) is 55.0 Å². The van der Waals surface area contributed by atoms with Gasteiger partial charge in [-0.2, -0.15) is 0 Å². The minimum atomic E-state index is 0.688. The van der Waals surface area contributed by atoms with Gasteiger partial charge in [0.2, 0.25) is 0 Å². The molecule has 3 rings (SSSR count). The number of rotatable bonds is 6. The number of nitrogens with one attached hydrogen (secondary N) is 1. The van der Waals surface area contributed by atoms with E-state index in [1.807, 2.05) is 12.1 Å². The Labute approximate surface area is 127 Å². The predicted molar refractivity (Wildman–Crippen MR) is 86.9 cm³/mol. The van der Waals surface area contributed by atoms with E-state index in [1.165, 1.54) is 24.0 Å². The third kappa shape index (κ3) is 3.64. The van der Waals surface area contributed by atoms with Crippen LogP contribution in [0.25, 0.3) is 0 Å². The molecule has 1 aliphatic rings. The molecule has 0 saturated heterocycles. The van der Waals surface area contributed by atoms with Gasteiger partial charge in [-0.25, -0.2) is 0 Å². The van der Waals surface area contributed by atoms with Gasteiger partial charge in [0.05, 0.1) is 7.11 Å². The van der Waals surface area contributed by atoms with Gasteiger partial charge in [0, 0.05) is 6.04 Å². The van der Waals surface area contributed by atoms with E-state index in [-0.39, 0.29) is 0 Å². The molecule has 0 spiro atoms. The van der Waals surface area contributed by atoms with Gasteiger partial charge in [-0.1, -0.05) is 42.5 Å². The molecular weight excluding hydrogens is 258 g/mol. The van der Waals surface area contributed by atoms with E-state index in [2.05, 4.69) is 47.8 Å². The number of benzene rings is 2. The van der Waals surface area contributed by atoms with Crippen LogP contribution in [0.1, 0.15) is 29.9 Å². The lowest BCUT2D eigenvalue weighted by atomic mass is 9.76. The SMILES string of the molecule is COc1ccc(CCNC2CC(c3ccccc3)C2)cc1. The molecule has 1 fully saturated rings. The van der Waals surface area contributed by atoms with Crippen molar-refractivity contribution in [3.8, 4) is 5.75 Å². The highest BCUT2D eigenvalue weighted by atomic mass is 16.5. The fraction of sp³-hybridized carbons (Fsp3) is 0.368. The molecule has 2 aromatic carbocycles. The molecule has 0 unspecified atom stereocenters. The molecule has 0 aromatic heterocycles. The first-order valence-corrected chi connectivity index (χ1v) is 7.76. The van der Waals surface area contributed by atoms with Crippen molar-refractivity contribution < 1.29 is 4.74 Å². The van der Waals surface area contributed by atoms with Crippen LogP contribution in [0.3, 0.4) is 0 Å². The van der Waals surface area contributed by atoms with Gasteiger partial charge < -0.3 is 10.1 Å². The second-order valence-electron chi connectivity index (χ2n) is 5.83. The van der Waals surface area contributed by atoms with Gasteiger partial charge >= 0.3 is 0 Å². The Morgan fingerprint density at radius 3 is 2.38 bits per heavy atom. The van der Waals surface area contributed by atoms with Crippen LogP contribution < -0.4 is 10.1 Å². The molecule has 2 nitrogen and oxygen atoms in total. The maximum atomic E-state index is 5.18. The molecule has 21 heavy (non-hydrogen) atoms. The Balaban J connectivity index is 1.37. The highest BCUT2D eigenvalue weighted by Gasteiger charge is 2.29. The zero-order valence-electron chi connectivity index (χ0n) is 12.6. The molecule has 0 radical (unpaired) electrons. The van der Waals surface area contributed by atoms with E-state index in [1.54, 1.807) is 7.11 Å². The van der Waals surface area contributed by atoms with Gasteiger partial charge in [0.15, 0.2) is 0 Å². The van der Waals surface area contributed by atoms with Crippen LogP contribution in [0, 0.1) is 0 Å². The molecule has 1 N–H and O–H groups in total. The van der Waals surface area contributed by atoms with E-state index in [0.29, 0.717) is 6.04 Å². The Kier molecular flexibility index (Phi) is 4.56. The molecule has 1 aliphatic carbocycles. The van der Waals surface area contributed by atoms with Crippen LogP contribution in [0.2, 0.25) is 0 Å². The molecule has 0 amide bonds. The van der Waals surface area contributed by atoms with Crippen molar-refractivity contribution >= 4 is 0 Å². The Morgan fingerprint density at radius 2 is 1.71 bits per heavy atom. The summed E-state index contributed by atoms with van der Waals surface area (Å²) in [7, 11) is 1.70. The summed E-state index contributed by atoms with van der Waals surface area (Å²) in [5, 5.41) is 3.66. The van der Waals surface area contributed by atoms with Crippen molar-refractivity contribution in [1.82, 2.24) is 5.32 Å². The Morgan fingerprint density at radius 1 is 1.00 bits per heavy atom. The van der Waals surface area contributed by atoms with Gasteiger partial charge in [0.25, 0.3) is 0 Å². The molecule has 0 atom stereocenters. The van der Waals surface area contributed by atoms with Crippen LogP contribution >= 0.6 is 0 Å². The predicted octanol–water partition coefficient (Wildman–Crippen LogP) is 3.77. The van der Waals surface area contributed by atoms with E-state index >= 15 is 0 Å². The first-order valence-electron chi connectivity index (χ1n) is 7.76. The summed E-state index contributed by atoms with van der Waals surface area (Å²) < 4.78 is 5.18. The van der Waals surface area contributed by atoms with E-state index in [0.717, 1.165) is 24.6 Å². The van der Waals surface area contributed by atoms with Crippen molar-refractivity contribution in [2.75, 3.05) is 13.7 Å². The second kappa shape index (κ2) is 6.77. The smallest absolute Gasteiger partial charge is 0.118 e. The lowest BCUT2D eigenvalue weighted by Gasteiger charge is -2.36. The van der Waals surface area contributed by atoms with Crippen LogP contribution in [0.4, 0.5) is 0 Å². The van der Waals surface area contributed by atoms with Gasteiger partial charge in [-0.3, -0.25) is 0 Å². The zero-order chi connectivity index (χ0) is 14.5. The molecular formula is C19H23NO. The molecule has 0 bridgehead atoms. The molecule has 110 valence electrons. The minimum absolute atomic E-state index is 0.688. The van der Waals surface area contributed by atoms with Gasteiger partial charge in [-0.15, -0.1) is 0 Å². The summed E-state index contributed by atoms with van der Waals surface area (Å²) >= 11 is 0. The highest BCUT2D eigenvalue weighted by Crippen LogP contribution is 2.36. The fourth-order valence-corrected chi connectivity index (χ4v) is 2.99. The van der Waals surface area contributed by atoms with Crippen molar-refractivity contribution in [2.24, 2.45) is 0 Å². The van der Waals surface area contributed by atoms with E-state index < -0.39 is 0 Å². The second-order valence-corrected chi connectivity index (χ2v) is 5.83. The van der Waals surface area contributed by atoms with Crippen LogP contribution in [-0.2, 0) is 6.42 Å². The van der Waals surface area contributed by atoms with Gasteiger partial charge in [0.1, 0.15) is 5.75 Å². The van der Waals surface area contributed by atoms with Crippen LogP contribution in [0.15, 0.2) is 54.6 Å². The van der Waals surface area contributed by atoms with Crippen molar-refractivity contribution in [3.63, 3.8) is 0 Å². The first kappa shape index (κ1) is 14.2. The zero-order valence-corrected chi connectivity index (χ0v) is 12.6. The number of methoxy groups -OCH3 is 1. The topological polar surface area (TPSA) is 21.3 Å².